The van der Waals surface area contributed by atoms with Gasteiger partial charge in [0.15, 0.2) is 0 Å². The molecule has 0 saturated heterocycles. The van der Waals surface area contributed by atoms with Gasteiger partial charge in [0.25, 0.3) is 5.91 Å². The van der Waals surface area contributed by atoms with E-state index < -0.39 is 0 Å². The maximum Gasteiger partial charge on any atom is 0.255 e. The average molecular weight is 204 g/mol. The number of carbonyl (C=O) groups excluding carboxylic acids is 1. The molecule has 0 aliphatic carbocycles. The van der Waals surface area contributed by atoms with E-state index in [1.165, 1.54) is 12.3 Å². The van der Waals surface area contributed by atoms with Crippen LogP contribution in [0.25, 0.3) is 0 Å². The number of H-pyrrole nitrogens is 1. The summed E-state index contributed by atoms with van der Waals surface area (Å²) in [6.45, 7) is 1.40. The first kappa shape index (κ1) is 9.71. The molecule has 0 atom stereocenters. The molecule has 0 radical (unpaired) electrons. The number of pyridine rings is 1. The summed E-state index contributed by atoms with van der Waals surface area (Å²) in [6, 6.07) is 2.92. The number of rotatable bonds is 1. The molecule has 4 heteroatoms. The first-order valence-electron chi connectivity index (χ1n) is 4.90. The topological polar surface area (TPSA) is 53.2 Å². The van der Waals surface area contributed by atoms with Crippen molar-refractivity contribution >= 4 is 5.91 Å². The van der Waals surface area contributed by atoms with Crippen LogP contribution < -0.4 is 5.56 Å². The lowest BCUT2D eigenvalue weighted by molar-refractivity contribution is 0.0770. The molecule has 0 fully saturated rings. The fraction of sp³-hybridized carbons (Fsp3) is 0.273. The Morgan fingerprint density at radius 3 is 2.80 bits per heavy atom. The van der Waals surface area contributed by atoms with Gasteiger partial charge in [-0.05, 0) is 12.5 Å². The highest BCUT2D eigenvalue weighted by molar-refractivity contribution is 5.94. The third-order valence-corrected chi connectivity index (χ3v) is 2.38. The van der Waals surface area contributed by atoms with E-state index in [1.807, 2.05) is 6.08 Å². The second kappa shape index (κ2) is 4.13. The van der Waals surface area contributed by atoms with Crippen molar-refractivity contribution in [2.75, 3.05) is 13.1 Å². The van der Waals surface area contributed by atoms with Crippen LogP contribution in [0.5, 0.6) is 0 Å². The summed E-state index contributed by atoms with van der Waals surface area (Å²) in [5.41, 5.74) is 0.343. The first-order chi connectivity index (χ1) is 7.27. The van der Waals surface area contributed by atoms with Crippen molar-refractivity contribution in [2.24, 2.45) is 0 Å². The van der Waals surface area contributed by atoms with E-state index in [2.05, 4.69) is 11.1 Å². The number of carbonyl (C=O) groups is 1. The Bertz CT molecular complexity index is 428. The highest BCUT2D eigenvalue weighted by Gasteiger charge is 2.15. The standard InChI is InChI=1S/C11H12N2O2/c14-10-5-4-9(8-12-10)11(15)13-6-2-1-3-7-13/h1-2,4-5,8H,3,6-7H2,(H,12,14). The van der Waals surface area contributed by atoms with Gasteiger partial charge >= 0.3 is 0 Å². The van der Waals surface area contributed by atoms with E-state index in [1.54, 1.807) is 11.0 Å². The van der Waals surface area contributed by atoms with Crippen molar-refractivity contribution in [3.8, 4) is 0 Å². The van der Waals surface area contributed by atoms with Crippen molar-refractivity contribution in [1.82, 2.24) is 9.88 Å². The van der Waals surface area contributed by atoms with Crippen molar-refractivity contribution in [3.63, 3.8) is 0 Å². The van der Waals surface area contributed by atoms with Crippen LogP contribution in [0.4, 0.5) is 0 Å². The Morgan fingerprint density at radius 2 is 2.20 bits per heavy atom. The predicted molar refractivity (Wildman–Crippen MR) is 56.7 cm³/mol. The minimum atomic E-state index is -0.190. The predicted octanol–water partition coefficient (Wildman–Crippen LogP) is 0.777. The average Bonchev–Trinajstić information content (AvgIpc) is 2.30. The molecule has 1 aromatic heterocycles. The van der Waals surface area contributed by atoms with Crippen LogP contribution in [-0.4, -0.2) is 28.9 Å². The monoisotopic (exact) mass is 204 g/mol. The molecule has 1 aromatic rings. The van der Waals surface area contributed by atoms with Gasteiger partial charge in [-0.15, -0.1) is 0 Å². The van der Waals surface area contributed by atoms with Crippen LogP contribution in [0.3, 0.4) is 0 Å². The van der Waals surface area contributed by atoms with Gasteiger partial charge in [0, 0.05) is 25.4 Å². The van der Waals surface area contributed by atoms with Gasteiger partial charge in [-0.25, -0.2) is 0 Å². The zero-order chi connectivity index (χ0) is 10.7. The lowest BCUT2D eigenvalue weighted by Gasteiger charge is -2.23. The molecule has 15 heavy (non-hydrogen) atoms. The SMILES string of the molecule is O=C(c1ccc(=O)[nH]c1)N1CC=CCC1. The molecule has 4 nitrogen and oxygen atoms in total. The minimum Gasteiger partial charge on any atom is -0.335 e. The summed E-state index contributed by atoms with van der Waals surface area (Å²) in [6.07, 6.45) is 6.40. The summed E-state index contributed by atoms with van der Waals surface area (Å²) in [4.78, 5) is 27.0. The Labute approximate surface area is 87.2 Å². The molecule has 1 aliphatic rings. The Balaban J connectivity index is 2.16. The van der Waals surface area contributed by atoms with Gasteiger partial charge in [0.2, 0.25) is 5.56 Å². The van der Waals surface area contributed by atoms with Crippen LogP contribution in [0.1, 0.15) is 16.8 Å². The number of aromatic amines is 1. The molecule has 2 rings (SSSR count). The third kappa shape index (κ3) is 2.15. The van der Waals surface area contributed by atoms with Crippen molar-refractivity contribution < 1.29 is 4.79 Å². The minimum absolute atomic E-state index is 0.0319. The fourth-order valence-electron chi connectivity index (χ4n) is 1.55. The first-order valence-corrected chi connectivity index (χ1v) is 4.90. The van der Waals surface area contributed by atoms with Crippen LogP contribution >= 0.6 is 0 Å². The molecule has 1 amide bonds. The maximum atomic E-state index is 11.9. The quantitative estimate of drug-likeness (QED) is 0.687. The lowest BCUT2D eigenvalue weighted by atomic mass is 10.2. The summed E-state index contributed by atoms with van der Waals surface area (Å²) in [7, 11) is 0. The van der Waals surface area contributed by atoms with E-state index in [4.69, 9.17) is 0 Å². The van der Waals surface area contributed by atoms with Gasteiger partial charge in [0.1, 0.15) is 0 Å². The Hall–Kier alpha value is -1.84. The fourth-order valence-corrected chi connectivity index (χ4v) is 1.55. The molecule has 1 aliphatic heterocycles. The molecular weight excluding hydrogens is 192 g/mol. The van der Waals surface area contributed by atoms with E-state index in [-0.39, 0.29) is 11.5 Å². The molecule has 0 bridgehead atoms. The van der Waals surface area contributed by atoms with Crippen LogP contribution in [0.15, 0.2) is 35.3 Å². The summed E-state index contributed by atoms with van der Waals surface area (Å²) >= 11 is 0. The summed E-state index contributed by atoms with van der Waals surface area (Å²) < 4.78 is 0. The second-order valence-electron chi connectivity index (χ2n) is 3.45. The van der Waals surface area contributed by atoms with Crippen molar-refractivity contribution in [3.05, 3.63) is 46.4 Å². The molecule has 78 valence electrons. The molecule has 0 saturated carbocycles. The molecule has 0 aromatic carbocycles. The van der Waals surface area contributed by atoms with Crippen molar-refractivity contribution in [2.45, 2.75) is 6.42 Å². The zero-order valence-corrected chi connectivity index (χ0v) is 8.27. The van der Waals surface area contributed by atoms with Crippen LogP contribution in [0.2, 0.25) is 0 Å². The largest absolute Gasteiger partial charge is 0.335 e. The number of hydrogen-bond acceptors (Lipinski definition) is 2. The molecule has 0 unspecified atom stereocenters. The summed E-state index contributed by atoms with van der Waals surface area (Å²) in [5, 5.41) is 0. The lowest BCUT2D eigenvalue weighted by Crippen LogP contribution is -2.34. The number of hydrogen-bond donors (Lipinski definition) is 1. The van der Waals surface area contributed by atoms with E-state index in [0.29, 0.717) is 12.1 Å². The van der Waals surface area contributed by atoms with Gasteiger partial charge < -0.3 is 9.88 Å². The summed E-state index contributed by atoms with van der Waals surface area (Å²) in [5.74, 6) is -0.0319. The van der Waals surface area contributed by atoms with E-state index in [0.717, 1.165) is 13.0 Å². The van der Waals surface area contributed by atoms with Crippen LogP contribution in [-0.2, 0) is 0 Å². The molecule has 0 spiro atoms. The number of aromatic nitrogens is 1. The Kier molecular flexibility index (Phi) is 2.67. The third-order valence-electron chi connectivity index (χ3n) is 2.38. The van der Waals surface area contributed by atoms with Gasteiger partial charge in [-0.1, -0.05) is 12.2 Å². The smallest absolute Gasteiger partial charge is 0.255 e. The molecule has 2 heterocycles. The zero-order valence-electron chi connectivity index (χ0n) is 8.27. The van der Waals surface area contributed by atoms with Gasteiger partial charge in [-0.3, -0.25) is 9.59 Å². The number of nitrogens with zero attached hydrogens (tertiary/aromatic N) is 1. The molecule has 1 N–H and O–H groups in total. The normalized spacial score (nSPS) is 15.3. The van der Waals surface area contributed by atoms with Gasteiger partial charge in [-0.2, -0.15) is 0 Å². The maximum absolute atomic E-state index is 11.9. The highest BCUT2D eigenvalue weighted by atomic mass is 16.2. The second-order valence-corrected chi connectivity index (χ2v) is 3.45. The van der Waals surface area contributed by atoms with E-state index in [9.17, 15) is 9.59 Å². The van der Waals surface area contributed by atoms with E-state index >= 15 is 0 Å². The van der Waals surface area contributed by atoms with Gasteiger partial charge in [0.05, 0.1) is 5.56 Å². The number of nitrogens with one attached hydrogen (secondary N) is 1. The highest BCUT2D eigenvalue weighted by Crippen LogP contribution is 2.06. The molecular formula is C11H12N2O2. The van der Waals surface area contributed by atoms with Crippen molar-refractivity contribution in [1.29, 1.82) is 0 Å². The Morgan fingerprint density at radius 1 is 1.33 bits per heavy atom. The van der Waals surface area contributed by atoms with Crippen LogP contribution in [0, 0.1) is 0 Å². The number of amides is 1.